The normalized spacial score (nSPS) is 12.0. The van der Waals surface area contributed by atoms with Gasteiger partial charge in [0.15, 0.2) is 0 Å². The first-order valence-electron chi connectivity index (χ1n) is 13.2. The van der Waals surface area contributed by atoms with Crippen LogP contribution in [0.5, 0.6) is 0 Å². The number of aromatic carboxylic acids is 1. The molecule has 1 atom stereocenters. The van der Waals surface area contributed by atoms with E-state index in [2.05, 4.69) is 29.2 Å². The van der Waals surface area contributed by atoms with Crippen molar-refractivity contribution in [3.63, 3.8) is 0 Å². The summed E-state index contributed by atoms with van der Waals surface area (Å²) in [7, 11) is 0. The van der Waals surface area contributed by atoms with E-state index in [4.69, 9.17) is 9.51 Å². The van der Waals surface area contributed by atoms with Crippen LogP contribution in [0.1, 0.15) is 74.0 Å². The van der Waals surface area contributed by atoms with Gasteiger partial charge in [-0.25, -0.2) is 14.3 Å². The van der Waals surface area contributed by atoms with Gasteiger partial charge in [-0.1, -0.05) is 50.0 Å². The van der Waals surface area contributed by atoms with Crippen LogP contribution in [0, 0.1) is 6.92 Å². The van der Waals surface area contributed by atoms with Gasteiger partial charge in [0.25, 0.3) is 5.56 Å². The summed E-state index contributed by atoms with van der Waals surface area (Å²) in [6.45, 7) is 9.70. The Morgan fingerprint density at radius 1 is 1.16 bits per heavy atom. The van der Waals surface area contributed by atoms with Crippen LogP contribution in [0.3, 0.4) is 0 Å². The predicted molar refractivity (Wildman–Crippen MR) is 150 cm³/mol. The van der Waals surface area contributed by atoms with Gasteiger partial charge in [-0.15, -0.1) is 0 Å². The zero-order chi connectivity index (χ0) is 27.2. The average molecular weight is 518 g/mol. The van der Waals surface area contributed by atoms with Crippen molar-refractivity contribution in [2.75, 3.05) is 23.3 Å². The van der Waals surface area contributed by atoms with Crippen molar-refractivity contribution in [2.24, 2.45) is 0 Å². The summed E-state index contributed by atoms with van der Waals surface area (Å²) in [6.07, 6.45) is 6.95. The largest absolute Gasteiger partial charge is 0.478 e. The Bertz CT molecular complexity index is 1450. The Morgan fingerprint density at radius 3 is 2.50 bits per heavy atom. The van der Waals surface area contributed by atoms with E-state index in [1.165, 1.54) is 12.5 Å². The van der Waals surface area contributed by atoms with E-state index in [0.717, 1.165) is 49.9 Å². The molecule has 1 unspecified atom stereocenters. The SMILES string of the molecule is CCCCN(CCCC)c1nc2c(C(C)Nc3ccccc3C(=O)O)cc(C)cc2c(=O)n1-c1cnoc1. The van der Waals surface area contributed by atoms with Crippen molar-refractivity contribution in [1.29, 1.82) is 0 Å². The molecule has 9 nitrogen and oxygen atoms in total. The summed E-state index contributed by atoms with van der Waals surface area (Å²) in [5.41, 5.74) is 3.34. The lowest BCUT2D eigenvalue weighted by molar-refractivity contribution is 0.0698. The van der Waals surface area contributed by atoms with Gasteiger partial charge < -0.3 is 19.8 Å². The number of fused-ring (bicyclic) bond motifs is 1. The molecule has 200 valence electrons. The number of rotatable bonds is 12. The minimum absolute atomic E-state index is 0.185. The summed E-state index contributed by atoms with van der Waals surface area (Å²) in [6, 6.07) is 10.3. The molecule has 2 N–H and O–H groups in total. The summed E-state index contributed by atoms with van der Waals surface area (Å²) >= 11 is 0. The smallest absolute Gasteiger partial charge is 0.337 e. The third kappa shape index (κ3) is 5.56. The molecule has 0 saturated carbocycles. The van der Waals surface area contributed by atoms with Crippen molar-refractivity contribution in [2.45, 2.75) is 59.4 Å². The van der Waals surface area contributed by atoms with Crippen LogP contribution in [0.25, 0.3) is 16.6 Å². The van der Waals surface area contributed by atoms with Gasteiger partial charge in [0, 0.05) is 24.3 Å². The number of para-hydroxylation sites is 1. The number of aryl methyl sites for hydroxylation is 1. The van der Waals surface area contributed by atoms with Gasteiger partial charge >= 0.3 is 5.97 Å². The molecule has 38 heavy (non-hydrogen) atoms. The Balaban J connectivity index is 1.92. The molecule has 0 aliphatic carbocycles. The Labute approximate surface area is 222 Å². The molecule has 0 spiro atoms. The molecule has 2 aromatic carbocycles. The number of aromatic nitrogens is 3. The molecule has 4 aromatic rings. The standard InChI is InChI=1S/C29H35N5O4/c1-5-7-13-33(14-8-6-2)29-32-26-23(20(4)31-25-12-10-9-11-22(25)28(36)37)15-19(3)16-24(26)27(35)34(29)21-17-30-38-18-21/h9-12,15-18,20,31H,5-8,13-14H2,1-4H3,(H,36,37). The predicted octanol–water partition coefficient (Wildman–Crippen LogP) is 5.96. The van der Waals surface area contributed by atoms with Gasteiger partial charge in [0.05, 0.1) is 28.7 Å². The Kier molecular flexibility index (Phi) is 8.45. The fourth-order valence-corrected chi connectivity index (χ4v) is 4.66. The van der Waals surface area contributed by atoms with Crippen molar-refractivity contribution in [3.8, 4) is 5.69 Å². The summed E-state index contributed by atoms with van der Waals surface area (Å²) in [5.74, 6) is -0.454. The van der Waals surface area contributed by atoms with E-state index >= 15 is 0 Å². The third-order valence-electron chi connectivity index (χ3n) is 6.65. The molecule has 0 amide bonds. The van der Waals surface area contributed by atoms with Crippen molar-refractivity contribution < 1.29 is 14.4 Å². The van der Waals surface area contributed by atoms with Crippen LogP contribution in [0.15, 0.2) is 58.2 Å². The first-order chi connectivity index (χ1) is 18.3. The highest BCUT2D eigenvalue weighted by atomic mass is 16.5. The van der Waals surface area contributed by atoms with E-state index in [-0.39, 0.29) is 17.2 Å². The van der Waals surface area contributed by atoms with Crippen LogP contribution in [-0.2, 0) is 0 Å². The highest BCUT2D eigenvalue weighted by Crippen LogP contribution is 2.30. The lowest BCUT2D eigenvalue weighted by Gasteiger charge is -2.27. The fourth-order valence-electron chi connectivity index (χ4n) is 4.66. The van der Waals surface area contributed by atoms with Gasteiger partial charge in [0.2, 0.25) is 5.95 Å². The lowest BCUT2D eigenvalue weighted by atomic mass is 10.0. The van der Waals surface area contributed by atoms with Crippen molar-refractivity contribution >= 4 is 28.5 Å². The number of unbranched alkanes of at least 4 members (excludes halogenated alkanes) is 2. The maximum atomic E-state index is 14.1. The van der Waals surface area contributed by atoms with Gasteiger partial charge in [-0.3, -0.25) is 4.79 Å². The molecule has 0 aliphatic rings. The quantitative estimate of drug-likeness (QED) is 0.237. The van der Waals surface area contributed by atoms with Crippen molar-refractivity contribution in [1.82, 2.24) is 14.7 Å². The first kappa shape index (κ1) is 26.9. The number of hydrogen-bond donors (Lipinski definition) is 2. The fraction of sp³-hybridized carbons (Fsp3) is 0.379. The summed E-state index contributed by atoms with van der Waals surface area (Å²) in [4.78, 5) is 33.1. The second-order valence-electron chi connectivity index (χ2n) is 9.60. The second kappa shape index (κ2) is 11.9. The van der Waals surface area contributed by atoms with Gasteiger partial charge in [-0.05, 0) is 50.5 Å². The van der Waals surface area contributed by atoms with E-state index in [9.17, 15) is 14.7 Å². The van der Waals surface area contributed by atoms with Crippen LogP contribution in [0.4, 0.5) is 11.6 Å². The molecule has 0 bridgehead atoms. The maximum absolute atomic E-state index is 14.1. The maximum Gasteiger partial charge on any atom is 0.337 e. The van der Waals surface area contributed by atoms with Crippen LogP contribution >= 0.6 is 0 Å². The second-order valence-corrected chi connectivity index (χ2v) is 9.60. The van der Waals surface area contributed by atoms with Gasteiger partial charge in [0.1, 0.15) is 12.0 Å². The number of nitrogens with zero attached hydrogens (tertiary/aromatic N) is 4. The van der Waals surface area contributed by atoms with E-state index in [1.807, 2.05) is 26.0 Å². The van der Waals surface area contributed by atoms with Crippen molar-refractivity contribution in [3.05, 3.63) is 75.9 Å². The number of benzene rings is 2. The molecular weight excluding hydrogens is 482 g/mol. The Hall–Kier alpha value is -4.14. The molecule has 0 fully saturated rings. The topological polar surface area (TPSA) is 113 Å². The minimum Gasteiger partial charge on any atom is -0.478 e. The third-order valence-corrected chi connectivity index (χ3v) is 6.65. The molecule has 2 heterocycles. The molecule has 2 aromatic heterocycles. The molecule has 4 rings (SSSR count). The highest BCUT2D eigenvalue weighted by Gasteiger charge is 2.23. The van der Waals surface area contributed by atoms with E-state index < -0.39 is 5.97 Å². The lowest BCUT2D eigenvalue weighted by Crippen LogP contribution is -2.34. The molecule has 0 radical (unpaired) electrons. The molecule has 0 aliphatic heterocycles. The minimum atomic E-state index is -1.01. The first-order valence-corrected chi connectivity index (χ1v) is 13.2. The van der Waals surface area contributed by atoms with Gasteiger partial charge in [-0.2, -0.15) is 0 Å². The molecule has 0 saturated heterocycles. The molecule has 9 heteroatoms. The summed E-state index contributed by atoms with van der Waals surface area (Å²) < 4.78 is 6.69. The summed E-state index contributed by atoms with van der Waals surface area (Å²) in [5, 5.41) is 17.3. The van der Waals surface area contributed by atoms with E-state index in [1.54, 1.807) is 28.8 Å². The number of hydrogen-bond acceptors (Lipinski definition) is 7. The van der Waals surface area contributed by atoms with Crippen LogP contribution in [-0.4, -0.2) is 38.9 Å². The van der Waals surface area contributed by atoms with Crippen LogP contribution in [0.2, 0.25) is 0 Å². The number of carbonyl (C=O) groups is 1. The van der Waals surface area contributed by atoms with E-state index in [0.29, 0.717) is 28.2 Å². The molecular formula is C29H35N5O4. The number of carboxylic acids is 1. The number of nitrogens with one attached hydrogen (secondary N) is 1. The van der Waals surface area contributed by atoms with Crippen LogP contribution < -0.4 is 15.8 Å². The average Bonchev–Trinajstić information content (AvgIpc) is 3.43. The monoisotopic (exact) mass is 517 g/mol. The highest BCUT2D eigenvalue weighted by molar-refractivity contribution is 5.94. The Morgan fingerprint density at radius 2 is 1.87 bits per heavy atom. The zero-order valence-corrected chi connectivity index (χ0v) is 22.4. The zero-order valence-electron chi connectivity index (χ0n) is 22.4. The number of anilines is 2. The number of carboxylic acid groups (broad SMARTS) is 1.